The largest absolute Gasteiger partial charge is 0.480 e. The number of hydrogen-bond acceptors (Lipinski definition) is 11. The third kappa shape index (κ3) is 7.25. The van der Waals surface area contributed by atoms with Crippen molar-refractivity contribution >= 4 is 76.9 Å². The van der Waals surface area contributed by atoms with E-state index in [9.17, 15) is 48.3 Å². The molecule has 5 saturated heterocycles. The number of hydrogen-bond donors (Lipinski definition) is 5. The standard InChI is InChI=1S/C39H44N8O10S2/c1-6-44-17-18-45(33(54)32(44)53)37(57)43-22(20-15-11-8-12-16-20)28(49)42-23-30(51)46-25(38(2,3)58-34(23)46)29(50)40-21(19-13-9-7-10-14-19)27(48)41-24-31(52)47-26(36(55)56)39(4,5)59-35(24)47/h7-16,21-26,34-35H,6,17-18H2,1-5H3,(H,40,50)(H,41,48)(H,42,49)(H,43,57)(H,55,56)/t21-,22-,23+,24+,25+,26+,34-,35-/m1/s1. The quantitative estimate of drug-likeness (QED) is 0.150. The second-order valence-electron chi connectivity index (χ2n) is 15.8. The molecule has 0 aromatic heterocycles. The number of benzene rings is 2. The number of fused-ring (bicyclic) bond motifs is 2. The summed E-state index contributed by atoms with van der Waals surface area (Å²) in [5.41, 5.74) is 0.750. The molecule has 7 rings (SSSR count). The number of β-lactam (4-membered cyclic amide) rings is 2. The predicted octanol–water partition coefficient (Wildman–Crippen LogP) is 0.164. The number of amides is 9. The van der Waals surface area contributed by atoms with Crippen molar-refractivity contribution in [3.8, 4) is 0 Å². The minimum absolute atomic E-state index is 0.0735. The second kappa shape index (κ2) is 15.5. The van der Waals surface area contributed by atoms with Gasteiger partial charge >= 0.3 is 23.8 Å². The third-order valence-corrected chi connectivity index (χ3v) is 14.4. The van der Waals surface area contributed by atoms with E-state index >= 15 is 0 Å². The van der Waals surface area contributed by atoms with Gasteiger partial charge in [-0.3, -0.25) is 38.5 Å². The summed E-state index contributed by atoms with van der Waals surface area (Å²) in [6.07, 6.45) is 0. The first-order chi connectivity index (χ1) is 27.9. The topological polar surface area (TPSA) is 235 Å². The first-order valence-corrected chi connectivity index (χ1v) is 20.8. The van der Waals surface area contributed by atoms with Gasteiger partial charge in [-0.1, -0.05) is 60.7 Å². The van der Waals surface area contributed by atoms with Crippen LogP contribution in [0.3, 0.4) is 0 Å². The molecule has 0 bridgehead atoms. The molecule has 5 aliphatic rings. The van der Waals surface area contributed by atoms with Crippen LogP contribution in [0.15, 0.2) is 60.7 Å². The molecule has 59 heavy (non-hydrogen) atoms. The molecule has 0 radical (unpaired) electrons. The number of carbonyl (C=O) groups is 9. The number of likely N-dealkylation sites (N-methyl/N-ethyl adjacent to an activating group) is 1. The number of carbonyl (C=O) groups excluding carboxylic acids is 8. The summed E-state index contributed by atoms with van der Waals surface area (Å²) < 4.78 is -1.74. The lowest BCUT2D eigenvalue weighted by molar-refractivity contribution is -0.161. The van der Waals surface area contributed by atoms with Gasteiger partial charge in [0.25, 0.3) is 0 Å². The summed E-state index contributed by atoms with van der Waals surface area (Å²) >= 11 is 2.54. The smallest absolute Gasteiger partial charge is 0.327 e. The predicted molar refractivity (Wildman–Crippen MR) is 213 cm³/mol. The third-order valence-electron chi connectivity index (χ3n) is 11.2. The number of imide groups is 1. The molecule has 20 heteroatoms. The van der Waals surface area contributed by atoms with Gasteiger partial charge in [-0.05, 0) is 45.7 Å². The number of nitrogens with one attached hydrogen (secondary N) is 4. The van der Waals surface area contributed by atoms with Crippen LogP contribution in [-0.4, -0.2) is 142 Å². The highest BCUT2D eigenvalue weighted by Gasteiger charge is 2.66. The van der Waals surface area contributed by atoms with Gasteiger partial charge in [0, 0.05) is 29.1 Å². The number of aliphatic carboxylic acids is 1. The monoisotopic (exact) mass is 848 g/mol. The van der Waals surface area contributed by atoms with Gasteiger partial charge in [-0.25, -0.2) is 9.59 Å². The molecule has 312 valence electrons. The average molecular weight is 849 g/mol. The van der Waals surface area contributed by atoms with Crippen molar-refractivity contribution in [2.45, 2.75) is 91.1 Å². The van der Waals surface area contributed by atoms with Crippen LogP contribution in [0.4, 0.5) is 4.79 Å². The molecule has 0 saturated carbocycles. The van der Waals surface area contributed by atoms with E-state index in [-0.39, 0.29) is 13.1 Å². The van der Waals surface area contributed by atoms with Crippen molar-refractivity contribution in [1.29, 1.82) is 0 Å². The molecule has 8 atom stereocenters. The summed E-state index contributed by atoms with van der Waals surface area (Å²) in [5, 5.41) is 19.3. The molecule has 0 spiro atoms. The number of nitrogens with zero attached hydrogens (tertiary/aromatic N) is 4. The van der Waals surface area contributed by atoms with Gasteiger partial charge in [0.1, 0.15) is 47.0 Å². The van der Waals surface area contributed by atoms with Crippen LogP contribution in [0.5, 0.6) is 0 Å². The Morgan fingerprint density at radius 2 is 1.15 bits per heavy atom. The summed E-state index contributed by atoms with van der Waals surface area (Å²) in [7, 11) is 0. The Morgan fingerprint density at radius 3 is 1.63 bits per heavy atom. The Labute approximate surface area is 347 Å². The maximum absolute atomic E-state index is 14.2. The SMILES string of the molecule is CCN1CCN(C(=O)N[C@@H](C(=O)N[C@H]2C(=O)N3[C@@H]2SC(C)(C)[C@@H]3C(=O)N[C@@H](C(=O)N[C@H]2C(=O)N3[C@@H]2SC(C)(C)[C@@H]3C(=O)O)c2ccccc2)c2ccccc2)C(=O)C1=O. The maximum atomic E-state index is 14.2. The fourth-order valence-electron chi connectivity index (χ4n) is 8.27. The lowest BCUT2D eigenvalue weighted by atomic mass is 9.93. The van der Waals surface area contributed by atoms with Gasteiger partial charge in [-0.15, -0.1) is 23.5 Å². The highest BCUT2D eigenvalue weighted by molar-refractivity contribution is 8.02. The lowest BCUT2D eigenvalue weighted by Gasteiger charge is -2.45. The molecule has 5 heterocycles. The molecule has 9 amide bonds. The van der Waals surface area contributed by atoms with E-state index in [4.69, 9.17) is 0 Å². The van der Waals surface area contributed by atoms with E-state index in [1.54, 1.807) is 95.3 Å². The minimum Gasteiger partial charge on any atom is -0.480 e. The van der Waals surface area contributed by atoms with E-state index < -0.39 is 110 Å². The molecule has 5 N–H and O–H groups in total. The zero-order valence-corrected chi connectivity index (χ0v) is 34.4. The Kier molecular flexibility index (Phi) is 10.9. The molecular weight excluding hydrogens is 805 g/mol. The molecule has 5 fully saturated rings. The zero-order valence-electron chi connectivity index (χ0n) is 32.7. The van der Waals surface area contributed by atoms with Gasteiger partial charge in [-0.2, -0.15) is 0 Å². The first kappa shape index (κ1) is 41.5. The van der Waals surface area contributed by atoms with Crippen molar-refractivity contribution in [3.63, 3.8) is 0 Å². The number of piperazine rings is 1. The van der Waals surface area contributed by atoms with Crippen molar-refractivity contribution < 1.29 is 48.3 Å². The normalized spacial score (nSPS) is 27.4. The molecule has 0 unspecified atom stereocenters. The molecule has 18 nitrogen and oxygen atoms in total. The number of carboxylic acid groups (broad SMARTS) is 1. The van der Waals surface area contributed by atoms with E-state index in [2.05, 4.69) is 21.3 Å². The molecule has 2 aromatic rings. The van der Waals surface area contributed by atoms with E-state index in [0.717, 1.165) is 4.90 Å². The summed E-state index contributed by atoms with van der Waals surface area (Å²) in [6.45, 7) is 9.02. The maximum Gasteiger partial charge on any atom is 0.327 e. The fourth-order valence-corrected chi connectivity index (χ4v) is 11.5. The van der Waals surface area contributed by atoms with Crippen LogP contribution < -0.4 is 21.3 Å². The minimum atomic E-state index is -1.36. The highest BCUT2D eigenvalue weighted by Crippen LogP contribution is 2.52. The molecule has 2 aromatic carbocycles. The van der Waals surface area contributed by atoms with E-state index in [0.29, 0.717) is 17.7 Å². The van der Waals surface area contributed by atoms with Crippen LogP contribution in [0.25, 0.3) is 0 Å². The summed E-state index contributed by atoms with van der Waals surface area (Å²) in [4.78, 5) is 124. The van der Waals surface area contributed by atoms with Crippen LogP contribution in [0, 0.1) is 0 Å². The van der Waals surface area contributed by atoms with Crippen LogP contribution in [-0.2, 0) is 38.4 Å². The summed E-state index contributed by atoms with van der Waals surface area (Å²) in [5.74, 6) is -6.25. The highest BCUT2D eigenvalue weighted by atomic mass is 32.2. The van der Waals surface area contributed by atoms with Crippen LogP contribution >= 0.6 is 23.5 Å². The van der Waals surface area contributed by atoms with Crippen molar-refractivity contribution in [1.82, 2.24) is 40.9 Å². The molecule has 5 aliphatic heterocycles. The zero-order chi connectivity index (χ0) is 42.7. The Balaban J connectivity index is 1.05. The molecule has 0 aliphatic carbocycles. The van der Waals surface area contributed by atoms with E-state index in [1.165, 1.54) is 38.2 Å². The summed E-state index contributed by atoms with van der Waals surface area (Å²) in [6, 6.07) is 8.61. The van der Waals surface area contributed by atoms with Crippen LogP contribution in [0.1, 0.15) is 57.8 Å². The number of rotatable bonds is 11. The lowest BCUT2D eigenvalue weighted by Crippen LogP contribution is -2.72. The van der Waals surface area contributed by atoms with Crippen molar-refractivity contribution in [2.24, 2.45) is 0 Å². The van der Waals surface area contributed by atoms with Crippen molar-refractivity contribution in [2.75, 3.05) is 19.6 Å². The number of thioether (sulfide) groups is 2. The number of carboxylic acids is 1. The second-order valence-corrected chi connectivity index (χ2v) is 19.4. The average Bonchev–Trinajstić information content (AvgIpc) is 3.62. The Bertz CT molecular complexity index is 2120. The number of urea groups is 1. The van der Waals surface area contributed by atoms with Gasteiger partial charge in [0.05, 0.1) is 0 Å². The first-order valence-electron chi connectivity index (χ1n) is 19.0. The van der Waals surface area contributed by atoms with Crippen LogP contribution in [0.2, 0.25) is 0 Å². The Hall–Kier alpha value is -5.63. The van der Waals surface area contributed by atoms with Gasteiger partial charge < -0.3 is 41.1 Å². The Morgan fingerprint density at radius 1 is 0.695 bits per heavy atom. The van der Waals surface area contributed by atoms with Gasteiger partial charge in [0.2, 0.25) is 29.5 Å². The van der Waals surface area contributed by atoms with E-state index in [1.807, 2.05) is 0 Å². The fraction of sp³-hybridized carbons (Fsp3) is 0.462. The van der Waals surface area contributed by atoms with Gasteiger partial charge in [0.15, 0.2) is 0 Å². The molecular formula is C39H44N8O10S2. The van der Waals surface area contributed by atoms with Crippen molar-refractivity contribution in [3.05, 3.63) is 71.8 Å².